The van der Waals surface area contributed by atoms with Gasteiger partial charge in [0.05, 0.1) is 6.21 Å². The lowest BCUT2D eigenvalue weighted by Gasteiger charge is -2.33. The molecule has 1 aromatic heterocycles. The maximum atomic E-state index is 6.22. The number of piperazine rings is 1. The first-order valence-corrected chi connectivity index (χ1v) is 8.35. The van der Waals surface area contributed by atoms with Crippen molar-refractivity contribution >= 4 is 29.2 Å². The first-order chi connectivity index (χ1) is 10.3. The van der Waals surface area contributed by atoms with Crippen molar-refractivity contribution in [2.45, 2.75) is 6.54 Å². The smallest absolute Gasteiger partial charge is 0.0642 e. The van der Waals surface area contributed by atoms with Gasteiger partial charge in [0.1, 0.15) is 0 Å². The minimum atomic E-state index is 0.857. The summed E-state index contributed by atoms with van der Waals surface area (Å²) in [7, 11) is 0. The van der Waals surface area contributed by atoms with Crippen LogP contribution in [0.15, 0.2) is 46.9 Å². The van der Waals surface area contributed by atoms with Gasteiger partial charge >= 0.3 is 0 Å². The maximum Gasteiger partial charge on any atom is 0.0642 e. The Labute approximate surface area is 134 Å². The Bertz CT molecular complexity index is 589. The van der Waals surface area contributed by atoms with Crippen LogP contribution < -0.4 is 0 Å². The SMILES string of the molecule is Clc1ccccc1CN1CCN(/N=C/c2cccs2)CC1. The largest absolute Gasteiger partial charge is 0.295 e. The molecule has 1 aliphatic rings. The number of nitrogens with zero attached hydrogens (tertiary/aromatic N) is 3. The Balaban J connectivity index is 1.50. The van der Waals surface area contributed by atoms with Crippen LogP contribution >= 0.6 is 22.9 Å². The Morgan fingerprint density at radius 1 is 1.10 bits per heavy atom. The third-order valence-electron chi connectivity index (χ3n) is 3.59. The third-order valence-corrected chi connectivity index (χ3v) is 4.77. The molecular formula is C16H18ClN3S. The van der Waals surface area contributed by atoms with Crippen LogP contribution in [0.25, 0.3) is 0 Å². The molecule has 0 radical (unpaired) electrons. The van der Waals surface area contributed by atoms with Crippen LogP contribution in [-0.2, 0) is 6.54 Å². The number of halogens is 1. The summed E-state index contributed by atoms with van der Waals surface area (Å²) in [6, 6.07) is 12.2. The van der Waals surface area contributed by atoms with E-state index in [1.54, 1.807) is 11.3 Å². The van der Waals surface area contributed by atoms with E-state index < -0.39 is 0 Å². The van der Waals surface area contributed by atoms with Gasteiger partial charge in [-0.2, -0.15) is 5.10 Å². The average Bonchev–Trinajstić information content (AvgIpc) is 3.02. The number of hydrogen-bond acceptors (Lipinski definition) is 4. The Morgan fingerprint density at radius 2 is 1.90 bits per heavy atom. The highest BCUT2D eigenvalue weighted by atomic mass is 35.5. The van der Waals surface area contributed by atoms with Crippen LogP contribution in [-0.4, -0.2) is 42.3 Å². The van der Waals surface area contributed by atoms with Crippen LogP contribution in [0.1, 0.15) is 10.4 Å². The van der Waals surface area contributed by atoms with Gasteiger partial charge in [0.25, 0.3) is 0 Å². The molecule has 110 valence electrons. The van der Waals surface area contributed by atoms with Crippen molar-refractivity contribution in [3.05, 3.63) is 57.2 Å². The minimum absolute atomic E-state index is 0.857. The highest BCUT2D eigenvalue weighted by molar-refractivity contribution is 7.11. The van der Waals surface area contributed by atoms with Crippen molar-refractivity contribution < 1.29 is 0 Å². The molecule has 3 nitrogen and oxygen atoms in total. The van der Waals surface area contributed by atoms with E-state index in [-0.39, 0.29) is 0 Å². The number of benzene rings is 1. The van der Waals surface area contributed by atoms with E-state index in [2.05, 4.69) is 32.5 Å². The van der Waals surface area contributed by atoms with E-state index in [1.165, 1.54) is 10.4 Å². The number of thiophene rings is 1. The fourth-order valence-corrected chi connectivity index (χ4v) is 3.16. The summed E-state index contributed by atoms with van der Waals surface area (Å²) in [5, 5.41) is 9.62. The summed E-state index contributed by atoms with van der Waals surface area (Å²) in [4.78, 5) is 3.63. The molecule has 0 saturated carbocycles. The van der Waals surface area contributed by atoms with Gasteiger partial charge in [0.15, 0.2) is 0 Å². The zero-order chi connectivity index (χ0) is 14.5. The molecule has 1 aliphatic heterocycles. The van der Waals surface area contributed by atoms with Gasteiger partial charge in [-0.15, -0.1) is 11.3 Å². The van der Waals surface area contributed by atoms with E-state index >= 15 is 0 Å². The molecule has 0 atom stereocenters. The summed E-state index contributed by atoms with van der Waals surface area (Å²) in [5.74, 6) is 0. The van der Waals surface area contributed by atoms with Gasteiger partial charge in [-0.05, 0) is 23.1 Å². The maximum absolute atomic E-state index is 6.22. The lowest BCUT2D eigenvalue weighted by molar-refractivity contribution is 0.131. The molecule has 2 aromatic rings. The summed E-state index contributed by atoms with van der Waals surface area (Å²) in [6.45, 7) is 4.89. The second-order valence-electron chi connectivity index (χ2n) is 5.08. The van der Waals surface area contributed by atoms with Crippen LogP contribution in [0, 0.1) is 0 Å². The molecule has 0 unspecified atom stereocenters. The predicted molar refractivity (Wildman–Crippen MR) is 90.2 cm³/mol. The summed E-state index contributed by atoms with van der Waals surface area (Å²) in [5.41, 5.74) is 1.20. The van der Waals surface area contributed by atoms with Crippen LogP contribution in [0.2, 0.25) is 5.02 Å². The van der Waals surface area contributed by atoms with Gasteiger partial charge in [0, 0.05) is 42.6 Å². The van der Waals surface area contributed by atoms with E-state index in [0.29, 0.717) is 0 Å². The van der Waals surface area contributed by atoms with Crippen molar-refractivity contribution in [3.63, 3.8) is 0 Å². The normalized spacial score (nSPS) is 16.7. The second kappa shape index (κ2) is 7.07. The van der Waals surface area contributed by atoms with Crippen molar-refractivity contribution in [1.82, 2.24) is 9.91 Å². The summed E-state index contributed by atoms with van der Waals surface area (Å²) < 4.78 is 0. The van der Waals surface area contributed by atoms with Gasteiger partial charge in [0.2, 0.25) is 0 Å². The van der Waals surface area contributed by atoms with Crippen LogP contribution in [0.4, 0.5) is 0 Å². The number of hydrogen-bond donors (Lipinski definition) is 0. The van der Waals surface area contributed by atoms with E-state index in [4.69, 9.17) is 11.6 Å². The number of hydrazone groups is 1. The fraction of sp³-hybridized carbons (Fsp3) is 0.312. The molecule has 1 fully saturated rings. The lowest BCUT2D eigenvalue weighted by Crippen LogP contribution is -2.43. The van der Waals surface area contributed by atoms with Crippen LogP contribution in [0.3, 0.4) is 0 Å². The van der Waals surface area contributed by atoms with E-state index in [0.717, 1.165) is 37.7 Å². The van der Waals surface area contributed by atoms with Crippen molar-refractivity contribution in [2.24, 2.45) is 5.10 Å². The van der Waals surface area contributed by atoms with Gasteiger partial charge in [-0.3, -0.25) is 9.91 Å². The van der Waals surface area contributed by atoms with Crippen molar-refractivity contribution in [3.8, 4) is 0 Å². The molecular weight excluding hydrogens is 302 g/mol. The third kappa shape index (κ3) is 4.06. The molecule has 0 aliphatic carbocycles. The molecule has 0 spiro atoms. The standard InChI is InChI=1S/C16H18ClN3S/c17-16-6-2-1-4-14(16)13-19-7-9-20(10-8-19)18-12-15-5-3-11-21-15/h1-6,11-12H,7-10,13H2/b18-12+. The molecule has 0 bridgehead atoms. The molecule has 3 rings (SSSR count). The highest BCUT2D eigenvalue weighted by Crippen LogP contribution is 2.18. The molecule has 0 N–H and O–H groups in total. The molecule has 1 aromatic carbocycles. The van der Waals surface area contributed by atoms with Gasteiger partial charge in [-0.25, -0.2) is 0 Å². The zero-order valence-corrected chi connectivity index (χ0v) is 13.4. The topological polar surface area (TPSA) is 18.8 Å². The Hall–Kier alpha value is -1.36. The zero-order valence-electron chi connectivity index (χ0n) is 11.8. The molecule has 2 heterocycles. The van der Waals surface area contributed by atoms with Gasteiger partial charge < -0.3 is 0 Å². The fourth-order valence-electron chi connectivity index (χ4n) is 2.38. The molecule has 21 heavy (non-hydrogen) atoms. The lowest BCUT2D eigenvalue weighted by atomic mass is 10.2. The van der Waals surface area contributed by atoms with Gasteiger partial charge in [-0.1, -0.05) is 35.9 Å². The minimum Gasteiger partial charge on any atom is -0.295 e. The van der Waals surface area contributed by atoms with Crippen molar-refractivity contribution in [1.29, 1.82) is 0 Å². The average molecular weight is 320 g/mol. The van der Waals surface area contributed by atoms with Crippen molar-refractivity contribution in [2.75, 3.05) is 26.2 Å². The summed E-state index contributed by atoms with van der Waals surface area (Å²) >= 11 is 7.93. The monoisotopic (exact) mass is 319 g/mol. The molecule has 0 amide bonds. The molecule has 1 saturated heterocycles. The summed E-state index contributed by atoms with van der Waals surface area (Å²) in [6.07, 6.45) is 1.95. The predicted octanol–water partition coefficient (Wildman–Crippen LogP) is 3.55. The number of rotatable bonds is 4. The van der Waals surface area contributed by atoms with Crippen LogP contribution in [0.5, 0.6) is 0 Å². The highest BCUT2D eigenvalue weighted by Gasteiger charge is 2.16. The Morgan fingerprint density at radius 3 is 2.62 bits per heavy atom. The first kappa shape index (κ1) is 14.6. The Kier molecular flexibility index (Phi) is 4.91. The first-order valence-electron chi connectivity index (χ1n) is 7.09. The molecule has 5 heteroatoms. The van der Waals surface area contributed by atoms with E-state index in [1.807, 2.05) is 30.5 Å². The second-order valence-corrected chi connectivity index (χ2v) is 6.47. The quantitative estimate of drug-likeness (QED) is 0.803. The van der Waals surface area contributed by atoms with E-state index in [9.17, 15) is 0 Å².